The maximum absolute atomic E-state index is 12.5. The van der Waals surface area contributed by atoms with Gasteiger partial charge in [0.05, 0.1) is 12.9 Å². The van der Waals surface area contributed by atoms with Crippen molar-refractivity contribution >= 4 is 21.4 Å². The van der Waals surface area contributed by atoms with Gasteiger partial charge < -0.3 is 4.74 Å². The summed E-state index contributed by atoms with van der Waals surface area (Å²) in [4.78, 5) is 1.30. The Balaban J connectivity index is 1.70. The number of hydrogen-bond donors (Lipinski definition) is 1. The van der Waals surface area contributed by atoms with Gasteiger partial charge in [-0.1, -0.05) is 31.0 Å². The van der Waals surface area contributed by atoms with Gasteiger partial charge in [0.25, 0.3) is 0 Å². The number of hydrogen-bond acceptors (Lipinski definition) is 4. The maximum Gasteiger partial charge on any atom is 0.215 e. The number of ether oxygens (including phenoxy) is 1. The summed E-state index contributed by atoms with van der Waals surface area (Å²) in [5.41, 5.74) is 0.703. The molecule has 1 N–H and O–H groups in total. The minimum atomic E-state index is -3.38. The summed E-state index contributed by atoms with van der Waals surface area (Å²) < 4.78 is 33.1. The average molecular weight is 366 g/mol. The van der Waals surface area contributed by atoms with Gasteiger partial charge in [0.2, 0.25) is 10.0 Å². The van der Waals surface area contributed by atoms with E-state index >= 15 is 0 Å². The largest absolute Gasteiger partial charge is 0.497 e. The molecular formula is C18H23NO3S2. The van der Waals surface area contributed by atoms with Crippen molar-refractivity contribution in [1.82, 2.24) is 4.72 Å². The van der Waals surface area contributed by atoms with Gasteiger partial charge in [-0.3, -0.25) is 0 Å². The van der Waals surface area contributed by atoms with Crippen molar-refractivity contribution < 1.29 is 13.2 Å². The Labute approximate surface area is 147 Å². The monoisotopic (exact) mass is 365 g/mol. The van der Waals surface area contributed by atoms with E-state index in [4.69, 9.17) is 4.74 Å². The highest BCUT2D eigenvalue weighted by atomic mass is 32.2. The summed E-state index contributed by atoms with van der Waals surface area (Å²) in [6, 6.07) is 11.4. The third kappa shape index (κ3) is 3.99. The molecule has 6 heteroatoms. The average Bonchev–Trinajstić information content (AvgIpc) is 3.25. The van der Waals surface area contributed by atoms with Crippen LogP contribution in [0.5, 0.6) is 5.75 Å². The van der Waals surface area contributed by atoms with Crippen LogP contribution in [0, 0.1) is 0 Å². The zero-order chi connectivity index (χ0) is 17.0. The van der Waals surface area contributed by atoms with E-state index in [1.165, 1.54) is 4.88 Å². The maximum atomic E-state index is 12.5. The number of rotatable bonds is 7. The fourth-order valence-electron chi connectivity index (χ4n) is 3.42. The second kappa shape index (κ2) is 7.25. The molecule has 0 amide bonds. The first-order valence-electron chi connectivity index (χ1n) is 8.17. The minimum absolute atomic E-state index is 0.0231. The number of benzene rings is 1. The van der Waals surface area contributed by atoms with E-state index in [0.717, 1.165) is 31.2 Å². The molecule has 3 rings (SSSR count). The molecular weight excluding hydrogens is 342 g/mol. The number of nitrogens with one attached hydrogen (secondary N) is 1. The second-order valence-electron chi connectivity index (χ2n) is 6.40. The molecule has 130 valence electrons. The lowest BCUT2D eigenvalue weighted by Gasteiger charge is -2.28. The predicted octanol–water partition coefficient (Wildman–Crippen LogP) is 3.69. The molecule has 0 unspecified atom stereocenters. The van der Waals surface area contributed by atoms with Gasteiger partial charge in [-0.05, 0) is 42.0 Å². The van der Waals surface area contributed by atoms with E-state index in [9.17, 15) is 8.42 Å². The Morgan fingerprint density at radius 3 is 2.67 bits per heavy atom. The smallest absolute Gasteiger partial charge is 0.215 e. The topological polar surface area (TPSA) is 55.4 Å². The Bertz CT molecular complexity index is 763. The Kier molecular flexibility index (Phi) is 5.27. The van der Waals surface area contributed by atoms with Crippen molar-refractivity contribution in [2.75, 3.05) is 13.7 Å². The van der Waals surface area contributed by atoms with Crippen LogP contribution in [0.25, 0.3) is 0 Å². The number of methoxy groups -OCH3 is 1. The molecule has 1 aromatic heterocycles. The third-order valence-electron chi connectivity index (χ3n) is 4.73. The van der Waals surface area contributed by atoms with Gasteiger partial charge in [0.15, 0.2) is 0 Å². The van der Waals surface area contributed by atoms with Gasteiger partial charge in [0, 0.05) is 16.8 Å². The van der Waals surface area contributed by atoms with Crippen LogP contribution < -0.4 is 9.46 Å². The molecule has 0 radical (unpaired) electrons. The Morgan fingerprint density at radius 2 is 2.00 bits per heavy atom. The fraction of sp³-hybridized carbons (Fsp3) is 0.444. The van der Waals surface area contributed by atoms with E-state index in [-0.39, 0.29) is 11.2 Å². The summed E-state index contributed by atoms with van der Waals surface area (Å²) in [6.45, 7) is 0.486. The van der Waals surface area contributed by atoms with Crippen LogP contribution in [0.4, 0.5) is 0 Å². The van der Waals surface area contributed by atoms with Crippen LogP contribution in [0.3, 0.4) is 0 Å². The zero-order valence-electron chi connectivity index (χ0n) is 13.8. The molecule has 0 bridgehead atoms. The first kappa shape index (κ1) is 17.5. The molecule has 1 aliphatic rings. The summed E-state index contributed by atoms with van der Waals surface area (Å²) in [6.07, 6.45) is 4.43. The summed E-state index contributed by atoms with van der Waals surface area (Å²) in [7, 11) is -1.80. The molecule has 4 nitrogen and oxygen atoms in total. The van der Waals surface area contributed by atoms with Gasteiger partial charge in [0.1, 0.15) is 5.75 Å². The molecule has 1 aliphatic carbocycles. The molecule has 2 aromatic rings. The van der Waals surface area contributed by atoms with Crippen LogP contribution >= 0.6 is 11.3 Å². The molecule has 24 heavy (non-hydrogen) atoms. The summed E-state index contributed by atoms with van der Waals surface area (Å²) in [5, 5.41) is 2.07. The Hall–Kier alpha value is -1.37. The molecule has 0 spiro atoms. The lowest BCUT2D eigenvalue weighted by molar-refractivity contribution is 0.414. The van der Waals surface area contributed by atoms with E-state index < -0.39 is 10.0 Å². The van der Waals surface area contributed by atoms with Crippen molar-refractivity contribution in [2.24, 2.45) is 0 Å². The first-order valence-corrected chi connectivity index (χ1v) is 10.7. The minimum Gasteiger partial charge on any atom is -0.497 e. The van der Waals surface area contributed by atoms with Crippen molar-refractivity contribution in [2.45, 2.75) is 36.9 Å². The molecule has 0 saturated heterocycles. The molecule has 1 fully saturated rings. The van der Waals surface area contributed by atoms with Crippen LogP contribution in [-0.2, 0) is 21.2 Å². The number of sulfonamides is 1. The van der Waals surface area contributed by atoms with E-state index in [0.29, 0.717) is 12.3 Å². The van der Waals surface area contributed by atoms with E-state index in [2.05, 4.69) is 16.2 Å². The molecule has 1 saturated carbocycles. The second-order valence-corrected chi connectivity index (χ2v) is 9.15. The Morgan fingerprint density at radius 1 is 1.21 bits per heavy atom. The standard InChI is InChI=1S/C18H23NO3S2/c1-22-16-7-4-6-15(12-16)13-24(20,21)19-14-18(9-2-3-10-18)17-8-5-11-23-17/h4-8,11-12,19H,2-3,9-10,13-14H2,1H3. The van der Waals surface area contributed by atoms with Gasteiger partial charge >= 0.3 is 0 Å². The highest BCUT2D eigenvalue weighted by molar-refractivity contribution is 7.88. The quantitative estimate of drug-likeness (QED) is 0.814. The van der Waals surface area contributed by atoms with Gasteiger partial charge in [-0.15, -0.1) is 11.3 Å². The normalized spacial score (nSPS) is 17.0. The molecule has 0 atom stereocenters. The summed E-state index contributed by atoms with van der Waals surface area (Å²) >= 11 is 1.73. The van der Waals surface area contributed by atoms with Gasteiger partial charge in [-0.2, -0.15) is 0 Å². The van der Waals surface area contributed by atoms with Crippen LogP contribution in [0.2, 0.25) is 0 Å². The van der Waals surface area contributed by atoms with Crippen molar-refractivity contribution in [3.63, 3.8) is 0 Å². The molecule has 0 aliphatic heterocycles. The van der Waals surface area contributed by atoms with Crippen LogP contribution in [-0.4, -0.2) is 22.1 Å². The zero-order valence-corrected chi connectivity index (χ0v) is 15.5. The van der Waals surface area contributed by atoms with E-state index in [1.807, 2.05) is 24.3 Å². The molecule has 1 aromatic carbocycles. The van der Waals surface area contributed by atoms with Crippen molar-refractivity contribution in [3.8, 4) is 5.75 Å². The lowest BCUT2D eigenvalue weighted by Crippen LogP contribution is -2.39. The van der Waals surface area contributed by atoms with Crippen molar-refractivity contribution in [3.05, 3.63) is 52.2 Å². The summed E-state index contributed by atoms with van der Waals surface area (Å²) in [5.74, 6) is 0.651. The molecule has 1 heterocycles. The number of thiophene rings is 1. The van der Waals surface area contributed by atoms with Crippen LogP contribution in [0.15, 0.2) is 41.8 Å². The third-order valence-corrected chi connectivity index (χ3v) is 7.14. The first-order chi connectivity index (χ1) is 11.5. The lowest BCUT2D eigenvalue weighted by atomic mass is 9.85. The highest BCUT2D eigenvalue weighted by Crippen LogP contribution is 2.42. The van der Waals surface area contributed by atoms with Gasteiger partial charge in [-0.25, -0.2) is 13.1 Å². The SMILES string of the molecule is COc1cccc(CS(=O)(=O)NCC2(c3cccs3)CCCC2)c1. The van der Waals surface area contributed by atoms with E-state index in [1.54, 1.807) is 24.5 Å². The van der Waals surface area contributed by atoms with Crippen LogP contribution in [0.1, 0.15) is 36.1 Å². The highest BCUT2D eigenvalue weighted by Gasteiger charge is 2.37. The predicted molar refractivity (Wildman–Crippen MR) is 98.1 cm³/mol. The van der Waals surface area contributed by atoms with Crippen molar-refractivity contribution in [1.29, 1.82) is 0 Å². The fourth-order valence-corrected chi connectivity index (χ4v) is 5.63.